The molecule has 28 heavy (non-hydrogen) atoms. The van der Waals surface area contributed by atoms with Crippen LogP contribution < -0.4 is 10.5 Å². The zero-order chi connectivity index (χ0) is 19.7. The van der Waals surface area contributed by atoms with E-state index in [2.05, 4.69) is 54.9 Å². The van der Waals surface area contributed by atoms with E-state index in [0.29, 0.717) is 18.2 Å². The first kappa shape index (κ1) is 18.4. The molecule has 144 valence electrons. The van der Waals surface area contributed by atoms with E-state index < -0.39 is 0 Å². The summed E-state index contributed by atoms with van der Waals surface area (Å²) in [5.41, 5.74) is 2.84. The Bertz CT molecular complexity index is 1010. The number of hydrogen-bond acceptors (Lipinski definition) is 4. The Hall–Kier alpha value is -2.95. The van der Waals surface area contributed by atoms with Gasteiger partial charge in [0.2, 0.25) is 5.95 Å². The highest BCUT2D eigenvalue weighted by atomic mass is 16.1. The van der Waals surface area contributed by atoms with Gasteiger partial charge in [0.1, 0.15) is 0 Å². The van der Waals surface area contributed by atoms with Gasteiger partial charge in [-0.3, -0.25) is 14.3 Å². The van der Waals surface area contributed by atoms with E-state index in [1.165, 1.54) is 5.56 Å². The molecule has 3 aromatic rings. The van der Waals surface area contributed by atoms with Gasteiger partial charge >= 0.3 is 0 Å². The van der Waals surface area contributed by atoms with Gasteiger partial charge < -0.3 is 4.90 Å². The second-order valence-electron chi connectivity index (χ2n) is 8.15. The van der Waals surface area contributed by atoms with Crippen LogP contribution in [0.2, 0.25) is 0 Å². The van der Waals surface area contributed by atoms with Gasteiger partial charge in [0, 0.05) is 42.7 Å². The summed E-state index contributed by atoms with van der Waals surface area (Å²) in [4.78, 5) is 24.2. The van der Waals surface area contributed by atoms with Crippen LogP contribution in [0.25, 0.3) is 11.3 Å². The lowest BCUT2D eigenvalue weighted by atomic mass is 9.92. The molecule has 0 spiro atoms. The highest BCUT2D eigenvalue weighted by molar-refractivity contribution is 5.60. The van der Waals surface area contributed by atoms with Gasteiger partial charge in [-0.25, -0.2) is 4.98 Å². The maximum absolute atomic E-state index is 12.9. The van der Waals surface area contributed by atoms with Crippen LogP contribution in [0.4, 0.5) is 5.95 Å². The van der Waals surface area contributed by atoms with Crippen LogP contribution in [0.3, 0.4) is 0 Å². The van der Waals surface area contributed by atoms with Crippen LogP contribution in [-0.4, -0.2) is 26.6 Å². The fourth-order valence-corrected chi connectivity index (χ4v) is 3.86. The zero-order valence-corrected chi connectivity index (χ0v) is 16.7. The van der Waals surface area contributed by atoms with Crippen LogP contribution in [0.1, 0.15) is 38.7 Å². The smallest absolute Gasteiger partial charge is 0.255 e. The lowest BCUT2D eigenvalue weighted by Gasteiger charge is -2.45. The number of fused-ring (bicyclic) bond motifs is 1. The molecule has 0 N–H and O–H groups in total. The Balaban J connectivity index is 1.77. The summed E-state index contributed by atoms with van der Waals surface area (Å²) < 4.78 is 1.81. The lowest BCUT2D eigenvalue weighted by Crippen LogP contribution is -2.53. The molecule has 4 rings (SSSR count). The van der Waals surface area contributed by atoms with Gasteiger partial charge in [-0.05, 0) is 43.9 Å². The van der Waals surface area contributed by atoms with Gasteiger partial charge in [0.15, 0.2) is 0 Å². The Kier molecular flexibility index (Phi) is 4.75. The minimum atomic E-state index is -0.0701. The summed E-state index contributed by atoms with van der Waals surface area (Å²) in [6.45, 7) is 8.21. The maximum atomic E-state index is 12.9. The molecule has 0 saturated carbocycles. The highest BCUT2D eigenvalue weighted by Gasteiger charge is 2.35. The lowest BCUT2D eigenvalue weighted by molar-refractivity contribution is 0.341. The number of hydrogen-bond donors (Lipinski definition) is 0. The third-order valence-corrected chi connectivity index (χ3v) is 5.71. The molecule has 2 aromatic heterocycles. The zero-order valence-electron chi connectivity index (χ0n) is 16.7. The molecule has 1 aliphatic heterocycles. The van der Waals surface area contributed by atoms with E-state index in [9.17, 15) is 4.79 Å². The van der Waals surface area contributed by atoms with E-state index in [1.807, 2.05) is 22.8 Å². The van der Waals surface area contributed by atoms with Crippen LogP contribution >= 0.6 is 0 Å². The van der Waals surface area contributed by atoms with Gasteiger partial charge in [0.05, 0.1) is 5.69 Å². The summed E-state index contributed by atoms with van der Waals surface area (Å²) in [6.07, 6.45) is 4.37. The molecule has 1 aliphatic rings. The van der Waals surface area contributed by atoms with Crippen LogP contribution in [0.15, 0.2) is 65.7 Å². The first-order valence-electron chi connectivity index (χ1n) is 9.80. The van der Waals surface area contributed by atoms with Crippen molar-refractivity contribution >= 4 is 5.95 Å². The summed E-state index contributed by atoms with van der Waals surface area (Å²) in [7, 11) is 0. The third kappa shape index (κ3) is 3.44. The largest absolute Gasteiger partial charge is 0.336 e. The number of benzene rings is 1. The molecule has 0 unspecified atom stereocenters. The van der Waals surface area contributed by atoms with Crippen molar-refractivity contribution in [1.29, 1.82) is 0 Å². The predicted octanol–water partition coefficient (Wildman–Crippen LogP) is 4.10. The van der Waals surface area contributed by atoms with Crippen molar-refractivity contribution in [2.24, 2.45) is 0 Å². The quantitative estimate of drug-likeness (QED) is 0.690. The van der Waals surface area contributed by atoms with Gasteiger partial charge in [0.25, 0.3) is 5.56 Å². The Labute approximate surface area is 165 Å². The van der Waals surface area contributed by atoms with E-state index in [4.69, 9.17) is 4.98 Å². The second kappa shape index (κ2) is 7.23. The van der Waals surface area contributed by atoms with Gasteiger partial charge in [-0.1, -0.05) is 37.3 Å². The van der Waals surface area contributed by atoms with E-state index in [1.54, 1.807) is 18.5 Å². The van der Waals surface area contributed by atoms with Crippen LogP contribution in [0, 0.1) is 0 Å². The summed E-state index contributed by atoms with van der Waals surface area (Å²) in [5.74, 6) is 1.09. The number of nitrogens with zero attached hydrogens (tertiary/aromatic N) is 4. The van der Waals surface area contributed by atoms with Crippen molar-refractivity contribution in [1.82, 2.24) is 14.5 Å². The fraction of sp³-hybridized carbons (Fsp3) is 0.348. The molecule has 3 heterocycles. The average molecular weight is 374 g/mol. The first-order chi connectivity index (χ1) is 13.5. The highest BCUT2D eigenvalue weighted by Crippen LogP contribution is 2.33. The van der Waals surface area contributed by atoms with Crippen molar-refractivity contribution in [2.45, 2.75) is 45.2 Å². The predicted molar refractivity (Wildman–Crippen MR) is 113 cm³/mol. The van der Waals surface area contributed by atoms with Crippen molar-refractivity contribution < 1.29 is 0 Å². The summed E-state index contributed by atoms with van der Waals surface area (Å²) in [5, 5.41) is 0. The maximum Gasteiger partial charge on any atom is 0.255 e. The monoisotopic (exact) mass is 374 g/mol. The minimum Gasteiger partial charge on any atom is -0.336 e. The molecule has 0 saturated heterocycles. The Morgan fingerprint density at radius 3 is 2.54 bits per heavy atom. The molecule has 0 aliphatic carbocycles. The number of rotatable bonds is 4. The number of pyridine rings is 1. The molecular weight excluding hydrogens is 348 g/mol. The molecular formula is C23H26N4O. The summed E-state index contributed by atoms with van der Waals surface area (Å²) >= 11 is 0. The molecule has 5 nitrogen and oxygen atoms in total. The molecule has 5 heteroatoms. The van der Waals surface area contributed by atoms with Crippen molar-refractivity contribution in [3.05, 3.63) is 76.8 Å². The minimum absolute atomic E-state index is 0.00433. The fourth-order valence-electron chi connectivity index (χ4n) is 3.86. The second-order valence-corrected chi connectivity index (χ2v) is 8.15. The molecule has 1 aromatic carbocycles. The van der Waals surface area contributed by atoms with Crippen LogP contribution in [-0.2, 0) is 6.54 Å². The number of anilines is 1. The normalized spacial score (nSPS) is 16.5. The van der Waals surface area contributed by atoms with Gasteiger partial charge in [-0.2, -0.15) is 0 Å². The third-order valence-electron chi connectivity index (χ3n) is 5.71. The molecule has 0 bridgehead atoms. The molecule has 0 fully saturated rings. The topological polar surface area (TPSA) is 51.0 Å². The van der Waals surface area contributed by atoms with Crippen LogP contribution in [0.5, 0.6) is 0 Å². The van der Waals surface area contributed by atoms with Gasteiger partial charge in [-0.15, -0.1) is 0 Å². The van der Waals surface area contributed by atoms with E-state index >= 15 is 0 Å². The van der Waals surface area contributed by atoms with E-state index in [0.717, 1.165) is 24.5 Å². The average Bonchev–Trinajstić information content (AvgIpc) is 2.71. The molecule has 0 radical (unpaired) electrons. The van der Waals surface area contributed by atoms with Crippen molar-refractivity contribution in [3.63, 3.8) is 0 Å². The molecule has 0 amide bonds. The Morgan fingerprint density at radius 2 is 1.82 bits per heavy atom. The Morgan fingerprint density at radius 1 is 1.11 bits per heavy atom. The first-order valence-corrected chi connectivity index (χ1v) is 9.80. The number of aromatic nitrogens is 3. The summed E-state index contributed by atoms with van der Waals surface area (Å²) in [6, 6.07) is 15.9. The molecule has 1 atom stereocenters. The van der Waals surface area contributed by atoms with E-state index in [-0.39, 0.29) is 11.1 Å². The SMILES string of the molecule is C[C@H](CN1c2nc(-c3ccncc3)cc(=O)n2CCC1(C)C)c1ccccc1. The van der Waals surface area contributed by atoms with Crippen molar-refractivity contribution in [3.8, 4) is 11.3 Å². The van der Waals surface area contributed by atoms with Crippen molar-refractivity contribution in [2.75, 3.05) is 11.4 Å². The standard InChI is InChI=1S/C23H26N4O/c1-17(18-7-5-4-6-8-18)16-27-22-25-20(19-9-12-24-13-10-19)15-21(28)26(22)14-11-23(27,2)3/h4-10,12-13,15,17H,11,14,16H2,1-3H3/t17-/m1/s1.